The third-order valence-electron chi connectivity index (χ3n) is 11.8. The Morgan fingerprint density at radius 1 is 0.190 bits per heavy atom. The van der Waals surface area contributed by atoms with E-state index >= 15 is 0 Å². The molecular formula is C61H46N2. The summed E-state index contributed by atoms with van der Waals surface area (Å²) in [7, 11) is 0. The highest BCUT2D eigenvalue weighted by Gasteiger charge is 2.16. The molecule has 0 amide bonds. The summed E-state index contributed by atoms with van der Waals surface area (Å²) in [5, 5.41) is 0. The average Bonchev–Trinajstić information content (AvgIpc) is 3.36. The zero-order valence-corrected chi connectivity index (χ0v) is 35.2. The highest BCUT2D eigenvalue weighted by Crippen LogP contribution is 2.40. The summed E-state index contributed by atoms with van der Waals surface area (Å²) < 4.78 is 0. The topological polar surface area (TPSA) is 6.48 Å². The summed E-state index contributed by atoms with van der Waals surface area (Å²) in [6.07, 6.45) is 0. The molecule has 0 aromatic heterocycles. The van der Waals surface area contributed by atoms with Gasteiger partial charge in [-0.05, 0) is 135 Å². The predicted molar refractivity (Wildman–Crippen MR) is 268 cm³/mol. The smallest absolute Gasteiger partial charge is 0.0462 e. The maximum absolute atomic E-state index is 2.34. The van der Waals surface area contributed by atoms with E-state index in [0.717, 1.165) is 45.3 Å². The van der Waals surface area contributed by atoms with Gasteiger partial charge in [0.25, 0.3) is 0 Å². The Bertz CT molecular complexity index is 2950. The number of hydrogen-bond acceptors (Lipinski definition) is 2. The van der Waals surface area contributed by atoms with Gasteiger partial charge in [-0.1, -0.05) is 194 Å². The summed E-state index contributed by atoms with van der Waals surface area (Å²) in [5.41, 5.74) is 19.8. The zero-order chi connectivity index (χ0) is 42.4. The first kappa shape index (κ1) is 39.0. The lowest BCUT2D eigenvalue weighted by atomic mass is 10.0. The van der Waals surface area contributed by atoms with Crippen LogP contribution in [-0.2, 0) is 0 Å². The second-order valence-electron chi connectivity index (χ2n) is 15.9. The predicted octanol–water partition coefficient (Wildman–Crippen LogP) is 17.3. The standard InChI is InChI=1S/C61H46N2/c1-45-12-11-19-55(44-45)54-30-42-61(43-31-54)63(58-36-24-51(25-37-58)48-17-9-4-10-18-48)60-40-28-53(29-41-60)52-26-38-59(39-27-52)62(56-32-20-49(21-33-56)46-13-5-2-6-14-46)57-34-22-50(23-35-57)47-15-7-3-8-16-47/h2-44H,1H3. The minimum Gasteiger partial charge on any atom is -0.311 e. The molecule has 0 aliphatic heterocycles. The summed E-state index contributed by atoms with van der Waals surface area (Å²) in [5.74, 6) is 0. The van der Waals surface area contributed by atoms with E-state index in [1.807, 2.05) is 0 Å². The molecule has 0 saturated heterocycles. The molecule has 300 valence electrons. The van der Waals surface area contributed by atoms with E-state index in [9.17, 15) is 0 Å². The third kappa shape index (κ3) is 8.57. The van der Waals surface area contributed by atoms with Gasteiger partial charge in [0.1, 0.15) is 0 Å². The van der Waals surface area contributed by atoms with Gasteiger partial charge in [0.05, 0.1) is 0 Å². The monoisotopic (exact) mass is 806 g/mol. The Hall–Kier alpha value is -8.20. The average molecular weight is 807 g/mol. The van der Waals surface area contributed by atoms with Gasteiger partial charge >= 0.3 is 0 Å². The van der Waals surface area contributed by atoms with Crippen LogP contribution in [0.4, 0.5) is 34.1 Å². The summed E-state index contributed by atoms with van der Waals surface area (Å²) >= 11 is 0. The lowest BCUT2D eigenvalue weighted by Gasteiger charge is -2.27. The molecule has 2 heteroatoms. The number of aryl methyl sites for hydroxylation is 1. The van der Waals surface area contributed by atoms with E-state index in [0.29, 0.717) is 0 Å². The lowest BCUT2D eigenvalue weighted by Crippen LogP contribution is -2.10. The fourth-order valence-corrected chi connectivity index (χ4v) is 8.43. The highest BCUT2D eigenvalue weighted by molar-refractivity contribution is 5.83. The third-order valence-corrected chi connectivity index (χ3v) is 11.8. The van der Waals surface area contributed by atoms with Crippen LogP contribution >= 0.6 is 0 Å². The lowest BCUT2D eigenvalue weighted by molar-refractivity contribution is 1.28. The van der Waals surface area contributed by atoms with Crippen molar-refractivity contribution in [1.29, 1.82) is 0 Å². The Morgan fingerprint density at radius 2 is 0.397 bits per heavy atom. The van der Waals surface area contributed by atoms with Gasteiger partial charge in [0.15, 0.2) is 0 Å². The van der Waals surface area contributed by atoms with Crippen LogP contribution in [-0.4, -0.2) is 0 Å². The molecule has 0 atom stereocenters. The van der Waals surface area contributed by atoms with E-state index < -0.39 is 0 Å². The Morgan fingerprint density at radius 3 is 0.635 bits per heavy atom. The summed E-state index contributed by atoms with van der Waals surface area (Å²) in [6.45, 7) is 2.14. The number of benzene rings is 10. The fourth-order valence-electron chi connectivity index (χ4n) is 8.43. The molecule has 0 aliphatic rings. The van der Waals surface area contributed by atoms with Crippen molar-refractivity contribution in [1.82, 2.24) is 0 Å². The van der Waals surface area contributed by atoms with Crippen molar-refractivity contribution in [2.45, 2.75) is 6.92 Å². The van der Waals surface area contributed by atoms with Crippen LogP contribution in [0.15, 0.2) is 261 Å². The van der Waals surface area contributed by atoms with Gasteiger partial charge in [-0.2, -0.15) is 0 Å². The largest absolute Gasteiger partial charge is 0.311 e. The Kier molecular flexibility index (Phi) is 11.0. The zero-order valence-electron chi connectivity index (χ0n) is 35.2. The quantitative estimate of drug-likeness (QED) is 0.128. The van der Waals surface area contributed by atoms with Crippen molar-refractivity contribution in [2.75, 3.05) is 9.80 Å². The first-order valence-corrected chi connectivity index (χ1v) is 21.6. The molecule has 10 aromatic carbocycles. The van der Waals surface area contributed by atoms with Gasteiger partial charge in [-0.15, -0.1) is 0 Å². The molecule has 0 aliphatic carbocycles. The van der Waals surface area contributed by atoms with E-state index in [2.05, 4.69) is 278 Å². The summed E-state index contributed by atoms with van der Waals surface area (Å²) in [6, 6.07) is 93.7. The molecule has 10 aromatic rings. The first-order valence-electron chi connectivity index (χ1n) is 21.6. The molecule has 0 saturated carbocycles. The second kappa shape index (κ2) is 17.8. The van der Waals surface area contributed by atoms with Crippen molar-refractivity contribution >= 4 is 34.1 Å². The number of rotatable bonds is 11. The van der Waals surface area contributed by atoms with Gasteiger partial charge in [0, 0.05) is 34.1 Å². The van der Waals surface area contributed by atoms with E-state index in [4.69, 9.17) is 0 Å². The van der Waals surface area contributed by atoms with Crippen LogP contribution < -0.4 is 9.80 Å². The highest BCUT2D eigenvalue weighted by atomic mass is 15.1. The van der Waals surface area contributed by atoms with Crippen molar-refractivity contribution in [3.8, 4) is 55.6 Å². The van der Waals surface area contributed by atoms with Gasteiger partial charge in [-0.3, -0.25) is 0 Å². The van der Waals surface area contributed by atoms with Crippen LogP contribution in [0.25, 0.3) is 55.6 Å². The molecule has 0 fully saturated rings. The van der Waals surface area contributed by atoms with Gasteiger partial charge in [0.2, 0.25) is 0 Å². The number of anilines is 6. The van der Waals surface area contributed by atoms with Crippen LogP contribution in [0.1, 0.15) is 5.56 Å². The molecule has 2 nitrogen and oxygen atoms in total. The number of nitrogens with zero attached hydrogens (tertiary/aromatic N) is 2. The second-order valence-corrected chi connectivity index (χ2v) is 15.9. The molecule has 0 heterocycles. The van der Waals surface area contributed by atoms with Crippen LogP contribution in [0.5, 0.6) is 0 Å². The summed E-state index contributed by atoms with van der Waals surface area (Å²) in [4.78, 5) is 4.67. The van der Waals surface area contributed by atoms with Crippen molar-refractivity contribution in [3.05, 3.63) is 266 Å². The van der Waals surface area contributed by atoms with E-state index in [1.54, 1.807) is 0 Å². The first-order chi connectivity index (χ1) is 31.1. The van der Waals surface area contributed by atoms with Crippen LogP contribution in [0.3, 0.4) is 0 Å². The van der Waals surface area contributed by atoms with Crippen LogP contribution in [0.2, 0.25) is 0 Å². The molecule has 10 rings (SSSR count). The molecule has 63 heavy (non-hydrogen) atoms. The van der Waals surface area contributed by atoms with Crippen LogP contribution in [0, 0.1) is 6.92 Å². The Balaban J connectivity index is 0.961. The van der Waals surface area contributed by atoms with Crippen molar-refractivity contribution < 1.29 is 0 Å². The van der Waals surface area contributed by atoms with E-state index in [-0.39, 0.29) is 0 Å². The fraction of sp³-hybridized carbons (Fsp3) is 0.0164. The molecule has 0 unspecified atom stereocenters. The Labute approximate surface area is 371 Å². The minimum atomic E-state index is 1.09. The molecular weight excluding hydrogens is 761 g/mol. The van der Waals surface area contributed by atoms with Gasteiger partial charge in [-0.25, -0.2) is 0 Å². The minimum absolute atomic E-state index is 1.09. The number of hydrogen-bond donors (Lipinski definition) is 0. The molecule has 0 radical (unpaired) electrons. The maximum Gasteiger partial charge on any atom is 0.0462 e. The molecule has 0 N–H and O–H groups in total. The van der Waals surface area contributed by atoms with Crippen molar-refractivity contribution in [3.63, 3.8) is 0 Å². The molecule has 0 spiro atoms. The van der Waals surface area contributed by atoms with Gasteiger partial charge < -0.3 is 9.80 Å². The van der Waals surface area contributed by atoms with Crippen molar-refractivity contribution in [2.24, 2.45) is 0 Å². The molecule has 0 bridgehead atoms. The van der Waals surface area contributed by atoms with E-state index in [1.165, 1.54) is 50.1 Å². The SMILES string of the molecule is Cc1cccc(-c2ccc(N(c3ccc(-c4ccccc4)cc3)c3ccc(-c4ccc(N(c5ccc(-c6ccccc6)cc5)c5ccc(-c6ccccc6)cc5)cc4)cc3)cc2)c1. The maximum atomic E-state index is 2.34. The normalized spacial score (nSPS) is 10.9.